The molecule has 18 heavy (non-hydrogen) atoms. The predicted molar refractivity (Wildman–Crippen MR) is 74.2 cm³/mol. The molecular weight excluding hydrogens is 222 g/mol. The standard InChI is InChI=1S/C15H27N3/c1-13-5-3-9-18(11-13)10-4-8-15(2,12-16)17-14-6-7-14/h13-14,17H,3-11H2,1-2H3. The van der Waals surface area contributed by atoms with E-state index in [-0.39, 0.29) is 5.54 Å². The molecule has 2 fully saturated rings. The third-order valence-electron chi connectivity index (χ3n) is 4.24. The van der Waals surface area contributed by atoms with E-state index in [4.69, 9.17) is 0 Å². The molecule has 2 rings (SSSR count). The van der Waals surface area contributed by atoms with Crippen LogP contribution in [0.25, 0.3) is 0 Å². The molecule has 1 aliphatic heterocycles. The van der Waals surface area contributed by atoms with Gasteiger partial charge in [0.25, 0.3) is 0 Å². The first-order chi connectivity index (χ1) is 8.61. The zero-order chi connectivity index (χ0) is 13.0. The Morgan fingerprint density at radius 3 is 2.78 bits per heavy atom. The van der Waals surface area contributed by atoms with Crippen LogP contribution in [0.2, 0.25) is 0 Å². The Morgan fingerprint density at radius 2 is 2.17 bits per heavy atom. The van der Waals surface area contributed by atoms with Crippen LogP contribution in [0.3, 0.4) is 0 Å². The van der Waals surface area contributed by atoms with Gasteiger partial charge in [-0.2, -0.15) is 5.26 Å². The highest BCUT2D eigenvalue weighted by Gasteiger charge is 2.32. The van der Waals surface area contributed by atoms with Crippen molar-refractivity contribution < 1.29 is 0 Å². The van der Waals surface area contributed by atoms with Gasteiger partial charge in [-0.3, -0.25) is 5.32 Å². The molecule has 0 radical (unpaired) electrons. The van der Waals surface area contributed by atoms with Crippen molar-refractivity contribution in [1.82, 2.24) is 10.2 Å². The van der Waals surface area contributed by atoms with Crippen LogP contribution in [-0.4, -0.2) is 36.1 Å². The third kappa shape index (κ3) is 4.26. The summed E-state index contributed by atoms with van der Waals surface area (Å²) in [5.41, 5.74) is -0.303. The molecule has 1 saturated heterocycles. The second kappa shape index (κ2) is 6.04. The minimum atomic E-state index is -0.303. The molecule has 0 spiro atoms. The Labute approximate surface area is 112 Å². The van der Waals surface area contributed by atoms with E-state index >= 15 is 0 Å². The molecule has 102 valence electrons. The highest BCUT2D eigenvalue weighted by Crippen LogP contribution is 2.24. The van der Waals surface area contributed by atoms with E-state index in [2.05, 4.69) is 30.1 Å². The number of nitriles is 1. The van der Waals surface area contributed by atoms with Crippen molar-refractivity contribution in [2.24, 2.45) is 5.92 Å². The smallest absolute Gasteiger partial charge is 0.104 e. The van der Waals surface area contributed by atoms with Crippen LogP contribution in [0.4, 0.5) is 0 Å². The molecule has 0 aromatic heterocycles. The Balaban J connectivity index is 1.68. The van der Waals surface area contributed by atoms with Crippen molar-refractivity contribution in [2.45, 2.75) is 64.0 Å². The summed E-state index contributed by atoms with van der Waals surface area (Å²) in [6, 6.07) is 3.08. The predicted octanol–water partition coefficient (Wildman–Crippen LogP) is 2.53. The molecule has 3 nitrogen and oxygen atoms in total. The van der Waals surface area contributed by atoms with E-state index in [1.54, 1.807) is 0 Å². The second-order valence-electron chi connectivity index (χ2n) is 6.51. The van der Waals surface area contributed by atoms with Gasteiger partial charge in [0.1, 0.15) is 5.54 Å². The van der Waals surface area contributed by atoms with E-state index in [0.29, 0.717) is 6.04 Å². The minimum absolute atomic E-state index is 0.303. The van der Waals surface area contributed by atoms with Gasteiger partial charge in [0.2, 0.25) is 0 Å². The summed E-state index contributed by atoms with van der Waals surface area (Å²) >= 11 is 0. The van der Waals surface area contributed by atoms with Gasteiger partial charge in [-0.1, -0.05) is 6.92 Å². The molecule has 1 heterocycles. The van der Waals surface area contributed by atoms with E-state index < -0.39 is 0 Å². The van der Waals surface area contributed by atoms with Gasteiger partial charge in [-0.25, -0.2) is 0 Å². The Bertz CT molecular complexity index is 305. The summed E-state index contributed by atoms with van der Waals surface area (Å²) in [4.78, 5) is 2.57. The van der Waals surface area contributed by atoms with Crippen LogP contribution >= 0.6 is 0 Å². The van der Waals surface area contributed by atoms with Crippen LogP contribution in [0.1, 0.15) is 52.4 Å². The maximum atomic E-state index is 9.31. The van der Waals surface area contributed by atoms with Gasteiger partial charge in [0.05, 0.1) is 6.07 Å². The lowest BCUT2D eigenvalue weighted by atomic mass is 9.96. The Hall–Kier alpha value is -0.590. The third-order valence-corrected chi connectivity index (χ3v) is 4.24. The van der Waals surface area contributed by atoms with Crippen molar-refractivity contribution in [2.75, 3.05) is 19.6 Å². The average Bonchev–Trinajstić information content (AvgIpc) is 3.13. The largest absolute Gasteiger partial charge is 0.303 e. The Kier molecular flexibility index (Phi) is 4.64. The zero-order valence-corrected chi connectivity index (χ0v) is 11.9. The molecule has 2 unspecified atom stereocenters. The van der Waals surface area contributed by atoms with Crippen LogP contribution < -0.4 is 5.32 Å². The summed E-state index contributed by atoms with van der Waals surface area (Å²) in [6.07, 6.45) is 7.34. The molecule has 0 aromatic carbocycles. The summed E-state index contributed by atoms with van der Waals surface area (Å²) < 4.78 is 0. The molecule has 1 saturated carbocycles. The monoisotopic (exact) mass is 249 g/mol. The van der Waals surface area contributed by atoms with Crippen LogP contribution in [-0.2, 0) is 0 Å². The summed E-state index contributed by atoms with van der Waals surface area (Å²) in [6.45, 7) is 8.07. The SMILES string of the molecule is CC1CCCN(CCCC(C)(C#N)NC2CC2)C1. The van der Waals surface area contributed by atoms with E-state index in [1.807, 2.05) is 0 Å². The van der Waals surface area contributed by atoms with Crippen molar-refractivity contribution in [3.05, 3.63) is 0 Å². The molecular formula is C15H27N3. The molecule has 0 aromatic rings. The fourth-order valence-corrected chi connectivity index (χ4v) is 2.98. The fraction of sp³-hybridized carbons (Fsp3) is 0.933. The topological polar surface area (TPSA) is 39.1 Å². The molecule has 1 aliphatic carbocycles. The van der Waals surface area contributed by atoms with Crippen molar-refractivity contribution in [1.29, 1.82) is 5.26 Å². The second-order valence-corrected chi connectivity index (χ2v) is 6.51. The number of nitrogens with zero attached hydrogens (tertiary/aromatic N) is 2. The number of likely N-dealkylation sites (tertiary alicyclic amines) is 1. The Morgan fingerprint density at radius 1 is 1.39 bits per heavy atom. The zero-order valence-electron chi connectivity index (χ0n) is 11.9. The highest BCUT2D eigenvalue weighted by atomic mass is 15.1. The molecule has 2 atom stereocenters. The average molecular weight is 249 g/mol. The van der Waals surface area contributed by atoms with Crippen molar-refractivity contribution in [3.63, 3.8) is 0 Å². The first-order valence-electron chi connectivity index (χ1n) is 7.52. The maximum absolute atomic E-state index is 9.31. The van der Waals surface area contributed by atoms with E-state index in [0.717, 1.165) is 25.3 Å². The summed E-state index contributed by atoms with van der Waals surface area (Å²) in [7, 11) is 0. The molecule has 3 heteroatoms. The van der Waals surface area contributed by atoms with E-state index in [1.165, 1.54) is 38.8 Å². The van der Waals surface area contributed by atoms with Gasteiger partial charge < -0.3 is 4.90 Å². The van der Waals surface area contributed by atoms with Gasteiger partial charge in [0.15, 0.2) is 0 Å². The molecule has 1 N–H and O–H groups in total. The quantitative estimate of drug-likeness (QED) is 0.786. The normalized spacial score (nSPS) is 28.6. The van der Waals surface area contributed by atoms with Crippen LogP contribution in [0.15, 0.2) is 0 Å². The summed E-state index contributed by atoms with van der Waals surface area (Å²) in [5, 5.41) is 12.8. The van der Waals surface area contributed by atoms with Gasteiger partial charge in [-0.05, 0) is 64.5 Å². The number of piperidine rings is 1. The van der Waals surface area contributed by atoms with Crippen molar-refractivity contribution >= 4 is 0 Å². The lowest BCUT2D eigenvalue weighted by Crippen LogP contribution is -2.43. The van der Waals surface area contributed by atoms with E-state index in [9.17, 15) is 5.26 Å². The molecule has 0 bridgehead atoms. The van der Waals surface area contributed by atoms with Gasteiger partial charge in [-0.15, -0.1) is 0 Å². The molecule has 0 amide bonds. The van der Waals surface area contributed by atoms with Gasteiger partial charge in [0, 0.05) is 12.6 Å². The van der Waals surface area contributed by atoms with Crippen LogP contribution in [0.5, 0.6) is 0 Å². The first-order valence-corrected chi connectivity index (χ1v) is 7.52. The molecule has 2 aliphatic rings. The number of hydrogen-bond donors (Lipinski definition) is 1. The van der Waals surface area contributed by atoms with Crippen LogP contribution in [0, 0.1) is 17.2 Å². The number of nitrogens with one attached hydrogen (secondary N) is 1. The highest BCUT2D eigenvalue weighted by molar-refractivity contribution is 5.07. The van der Waals surface area contributed by atoms with Crippen molar-refractivity contribution in [3.8, 4) is 6.07 Å². The number of rotatable bonds is 6. The fourth-order valence-electron chi connectivity index (χ4n) is 2.98. The number of hydrogen-bond acceptors (Lipinski definition) is 3. The summed E-state index contributed by atoms with van der Waals surface area (Å²) in [5.74, 6) is 0.852. The lowest BCUT2D eigenvalue weighted by Gasteiger charge is -2.32. The first kappa shape index (κ1) is 13.8. The van der Waals surface area contributed by atoms with Gasteiger partial charge >= 0.3 is 0 Å². The maximum Gasteiger partial charge on any atom is 0.104 e. The lowest BCUT2D eigenvalue weighted by molar-refractivity contribution is 0.177. The minimum Gasteiger partial charge on any atom is -0.303 e.